The summed E-state index contributed by atoms with van der Waals surface area (Å²) in [5.74, 6) is 0.664. The number of H-pyrrole nitrogens is 1. The smallest absolute Gasteiger partial charge is 0.372 e. The molecular formula is C12H13F3N2OS. The Hall–Kier alpha value is -1.21. The van der Waals surface area contributed by atoms with Crippen LogP contribution in [0.25, 0.3) is 11.0 Å². The van der Waals surface area contributed by atoms with Crippen molar-refractivity contribution in [3.8, 4) is 0 Å². The van der Waals surface area contributed by atoms with Crippen molar-refractivity contribution in [1.82, 2.24) is 9.97 Å². The van der Waals surface area contributed by atoms with Crippen LogP contribution in [-0.4, -0.2) is 35.1 Å². The maximum atomic E-state index is 11.8. The van der Waals surface area contributed by atoms with Crippen molar-refractivity contribution in [3.05, 3.63) is 24.3 Å². The van der Waals surface area contributed by atoms with Gasteiger partial charge in [0, 0.05) is 12.4 Å². The first-order valence-corrected chi connectivity index (χ1v) is 6.75. The van der Waals surface area contributed by atoms with Gasteiger partial charge in [0.2, 0.25) is 0 Å². The molecule has 3 nitrogen and oxygen atoms in total. The van der Waals surface area contributed by atoms with Gasteiger partial charge in [-0.1, -0.05) is 23.9 Å². The molecule has 0 aliphatic carbocycles. The van der Waals surface area contributed by atoms with E-state index in [2.05, 4.69) is 14.7 Å². The molecule has 7 heteroatoms. The standard InChI is InChI=1S/C12H13F3N2OS/c13-12(14,15)8-18-6-3-7-19-11-16-9-4-1-2-5-10(9)17-11/h1-2,4-5H,3,6-8H2,(H,16,17). The van der Waals surface area contributed by atoms with Gasteiger partial charge in [-0.05, 0) is 18.6 Å². The van der Waals surface area contributed by atoms with Crippen molar-refractivity contribution in [2.75, 3.05) is 19.0 Å². The second kappa shape index (κ2) is 6.29. The number of benzene rings is 1. The van der Waals surface area contributed by atoms with E-state index in [0.717, 1.165) is 16.2 Å². The first-order valence-electron chi connectivity index (χ1n) is 5.77. The maximum Gasteiger partial charge on any atom is 0.411 e. The highest BCUT2D eigenvalue weighted by Gasteiger charge is 2.27. The minimum Gasteiger partial charge on any atom is -0.372 e. The van der Waals surface area contributed by atoms with E-state index in [4.69, 9.17) is 0 Å². The molecule has 1 N–H and O–H groups in total. The lowest BCUT2D eigenvalue weighted by Gasteiger charge is -2.06. The Labute approximate surface area is 112 Å². The number of imidazole rings is 1. The molecule has 1 aromatic heterocycles. The number of hydrogen-bond acceptors (Lipinski definition) is 3. The van der Waals surface area contributed by atoms with Crippen LogP contribution in [0, 0.1) is 0 Å². The SMILES string of the molecule is FC(F)(F)COCCCSc1nc2ccccc2[nH]1. The average molecular weight is 290 g/mol. The molecule has 0 aliphatic heterocycles. The van der Waals surface area contributed by atoms with E-state index in [-0.39, 0.29) is 6.61 Å². The fraction of sp³-hybridized carbons (Fsp3) is 0.417. The molecule has 0 amide bonds. The van der Waals surface area contributed by atoms with Crippen LogP contribution in [0.5, 0.6) is 0 Å². The minimum atomic E-state index is -4.24. The van der Waals surface area contributed by atoms with Gasteiger partial charge in [0.15, 0.2) is 5.16 Å². The van der Waals surface area contributed by atoms with Crippen molar-refractivity contribution in [3.63, 3.8) is 0 Å². The lowest BCUT2D eigenvalue weighted by atomic mass is 10.3. The first-order chi connectivity index (χ1) is 9.04. The number of para-hydroxylation sites is 2. The predicted molar refractivity (Wildman–Crippen MR) is 68.3 cm³/mol. The summed E-state index contributed by atoms with van der Waals surface area (Å²) in [7, 11) is 0. The van der Waals surface area contributed by atoms with Gasteiger partial charge >= 0.3 is 6.18 Å². The van der Waals surface area contributed by atoms with Crippen LogP contribution in [0.15, 0.2) is 29.4 Å². The van der Waals surface area contributed by atoms with Crippen LogP contribution in [0.2, 0.25) is 0 Å². The largest absolute Gasteiger partial charge is 0.411 e. The Morgan fingerprint density at radius 3 is 2.79 bits per heavy atom. The fourth-order valence-corrected chi connectivity index (χ4v) is 2.32. The molecular weight excluding hydrogens is 277 g/mol. The Kier molecular flexibility index (Phi) is 4.71. The Bertz CT molecular complexity index is 494. The highest BCUT2D eigenvalue weighted by molar-refractivity contribution is 7.99. The summed E-state index contributed by atoms with van der Waals surface area (Å²) in [4.78, 5) is 7.50. The minimum absolute atomic E-state index is 0.104. The average Bonchev–Trinajstić information content (AvgIpc) is 2.74. The van der Waals surface area contributed by atoms with Gasteiger partial charge in [-0.2, -0.15) is 13.2 Å². The van der Waals surface area contributed by atoms with E-state index in [0.29, 0.717) is 12.2 Å². The number of rotatable bonds is 6. The molecule has 0 aliphatic rings. The highest BCUT2D eigenvalue weighted by Crippen LogP contribution is 2.20. The highest BCUT2D eigenvalue weighted by atomic mass is 32.2. The molecule has 0 atom stereocenters. The monoisotopic (exact) mass is 290 g/mol. The van der Waals surface area contributed by atoms with Crippen LogP contribution >= 0.6 is 11.8 Å². The van der Waals surface area contributed by atoms with Crippen LogP contribution in [-0.2, 0) is 4.74 Å². The number of ether oxygens (including phenoxy) is 1. The topological polar surface area (TPSA) is 37.9 Å². The van der Waals surface area contributed by atoms with Gasteiger partial charge in [-0.15, -0.1) is 0 Å². The number of aromatic nitrogens is 2. The van der Waals surface area contributed by atoms with Crippen molar-refractivity contribution >= 4 is 22.8 Å². The van der Waals surface area contributed by atoms with Crippen LogP contribution in [0.3, 0.4) is 0 Å². The number of thioether (sulfide) groups is 1. The number of hydrogen-bond donors (Lipinski definition) is 1. The third-order valence-electron chi connectivity index (χ3n) is 2.31. The van der Waals surface area contributed by atoms with E-state index in [1.165, 1.54) is 11.8 Å². The van der Waals surface area contributed by atoms with E-state index in [9.17, 15) is 13.2 Å². The first kappa shape index (κ1) is 14.2. The number of nitrogens with zero attached hydrogens (tertiary/aromatic N) is 1. The summed E-state index contributed by atoms with van der Waals surface area (Å²) in [5, 5.41) is 0.775. The molecule has 0 fully saturated rings. The molecule has 0 spiro atoms. The molecule has 0 saturated heterocycles. The summed E-state index contributed by atoms with van der Waals surface area (Å²) in [6.07, 6.45) is -3.69. The van der Waals surface area contributed by atoms with Gasteiger partial charge < -0.3 is 9.72 Å². The summed E-state index contributed by atoms with van der Waals surface area (Å²) in [6, 6.07) is 7.66. The molecule has 2 aromatic rings. The van der Waals surface area contributed by atoms with E-state index in [1.807, 2.05) is 24.3 Å². The molecule has 19 heavy (non-hydrogen) atoms. The van der Waals surface area contributed by atoms with Gasteiger partial charge in [0.1, 0.15) is 6.61 Å². The van der Waals surface area contributed by atoms with Crippen molar-refractivity contribution in [2.45, 2.75) is 17.8 Å². The summed E-state index contributed by atoms with van der Waals surface area (Å²) >= 11 is 1.48. The Morgan fingerprint density at radius 1 is 1.26 bits per heavy atom. The van der Waals surface area contributed by atoms with Gasteiger partial charge in [-0.3, -0.25) is 0 Å². The quantitative estimate of drug-likeness (QED) is 0.652. The van der Waals surface area contributed by atoms with Gasteiger partial charge in [0.25, 0.3) is 0 Å². The van der Waals surface area contributed by atoms with E-state index >= 15 is 0 Å². The van der Waals surface area contributed by atoms with Gasteiger partial charge in [-0.25, -0.2) is 4.98 Å². The third-order valence-corrected chi connectivity index (χ3v) is 3.26. The summed E-state index contributed by atoms with van der Waals surface area (Å²) in [6.45, 7) is -1.07. The number of alkyl halides is 3. The molecule has 1 heterocycles. The number of halogens is 3. The lowest BCUT2D eigenvalue weighted by Crippen LogP contribution is -2.17. The zero-order chi connectivity index (χ0) is 13.7. The van der Waals surface area contributed by atoms with Crippen molar-refractivity contribution < 1.29 is 17.9 Å². The summed E-state index contributed by atoms with van der Waals surface area (Å²) < 4.78 is 39.9. The number of aromatic amines is 1. The van der Waals surface area contributed by atoms with Crippen LogP contribution in [0.1, 0.15) is 6.42 Å². The zero-order valence-corrected chi connectivity index (χ0v) is 10.9. The Balaban J connectivity index is 1.68. The fourth-order valence-electron chi connectivity index (χ4n) is 1.52. The molecule has 104 valence electrons. The number of nitrogens with one attached hydrogen (secondary N) is 1. The number of fused-ring (bicyclic) bond motifs is 1. The van der Waals surface area contributed by atoms with E-state index in [1.54, 1.807) is 0 Å². The molecule has 0 radical (unpaired) electrons. The summed E-state index contributed by atoms with van der Waals surface area (Å²) in [5.41, 5.74) is 1.84. The molecule has 0 unspecified atom stereocenters. The molecule has 2 rings (SSSR count). The van der Waals surface area contributed by atoms with Crippen LogP contribution < -0.4 is 0 Å². The molecule has 0 bridgehead atoms. The second-order valence-electron chi connectivity index (χ2n) is 3.93. The molecule has 0 saturated carbocycles. The third kappa shape index (κ3) is 4.76. The van der Waals surface area contributed by atoms with Gasteiger partial charge in [0.05, 0.1) is 11.0 Å². The zero-order valence-electron chi connectivity index (χ0n) is 10.0. The van der Waals surface area contributed by atoms with Crippen molar-refractivity contribution in [2.24, 2.45) is 0 Å². The second-order valence-corrected chi connectivity index (χ2v) is 5.01. The Morgan fingerprint density at radius 2 is 2.05 bits per heavy atom. The normalized spacial score (nSPS) is 12.2. The lowest BCUT2D eigenvalue weighted by molar-refractivity contribution is -0.173. The predicted octanol–water partition coefficient (Wildman–Crippen LogP) is 3.62. The van der Waals surface area contributed by atoms with Crippen molar-refractivity contribution in [1.29, 1.82) is 0 Å². The van der Waals surface area contributed by atoms with E-state index < -0.39 is 12.8 Å². The van der Waals surface area contributed by atoms with Crippen LogP contribution in [0.4, 0.5) is 13.2 Å². The molecule has 1 aromatic carbocycles. The maximum absolute atomic E-state index is 11.8.